The summed E-state index contributed by atoms with van der Waals surface area (Å²) >= 11 is 0. The zero-order chi connectivity index (χ0) is 28.2. The number of alkyl halides is 3. The van der Waals surface area contributed by atoms with Gasteiger partial charge in [-0.3, -0.25) is 14.4 Å². The van der Waals surface area contributed by atoms with Crippen molar-refractivity contribution in [3.63, 3.8) is 0 Å². The van der Waals surface area contributed by atoms with Crippen molar-refractivity contribution in [2.45, 2.75) is 12.9 Å². The fraction of sp³-hybridized carbons (Fsp3) is 0.231. The zero-order valence-electron chi connectivity index (χ0n) is 20.9. The first-order chi connectivity index (χ1) is 18.5. The first-order valence-electron chi connectivity index (χ1n) is 11.7. The van der Waals surface area contributed by atoms with Crippen LogP contribution in [0.25, 0.3) is 16.5 Å². The number of carbonyl (C=O) groups is 1. The third kappa shape index (κ3) is 6.62. The number of benzene rings is 2. The van der Waals surface area contributed by atoms with Crippen LogP contribution < -0.4 is 21.2 Å². The summed E-state index contributed by atoms with van der Waals surface area (Å²) in [5.41, 5.74) is -0.537. The fourth-order valence-corrected chi connectivity index (χ4v) is 3.63. The van der Waals surface area contributed by atoms with Crippen molar-refractivity contribution in [1.82, 2.24) is 19.2 Å². The summed E-state index contributed by atoms with van der Waals surface area (Å²) in [5.74, 6) is -0.463. The second-order valence-corrected chi connectivity index (χ2v) is 8.54. The summed E-state index contributed by atoms with van der Waals surface area (Å²) in [5, 5.41) is 8.07. The molecule has 0 aliphatic rings. The smallest absolute Gasteiger partial charge is 0.406 e. The quantitative estimate of drug-likeness (QED) is 0.323. The maximum atomic E-state index is 13.2. The highest BCUT2D eigenvalue weighted by molar-refractivity contribution is 5.92. The van der Waals surface area contributed by atoms with Gasteiger partial charge >= 0.3 is 6.36 Å². The predicted molar refractivity (Wildman–Crippen MR) is 138 cm³/mol. The fourth-order valence-electron chi connectivity index (χ4n) is 3.63. The number of hydrogen-bond donors (Lipinski definition) is 1. The molecular formula is C26H24F3N5O5. The van der Waals surface area contributed by atoms with Crippen LogP contribution in [0.3, 0.4) is 0 Å². The van der Waals surface area contributed by atoms with E-state index in [9.17, 15) is 27.6 Å². The van der Waals surface area contributed by atoms with Gasteiger partial charge in [-0.15, -0.1) is 18.3 Å². The highest BCUT2D eigenvalue weighted by atomic mass is 19.4. The van der Waals surface area contributed by atoms with Gasteiger partial charge in [0, 0.05) is 32.2 Å². The average Bonchev–Trinajstić information content (AvgIpc) is 2.89. The molecule has 2 heterocycles. The van der Waals surface area contributed by atoms with Crippen molar-refractivity contribution in [2.75, 3.05) is 32.6 Å². The van der Waals surface area contributed by atoms with Gasteiger partial charge in [-0.25, -0.2) is 0 Å². The summed E-state index contributed by atoms with van der Waals surface area (Å²) in [6.45, 7) is 0.207. The molecule has 0 spiro atoms. The maximum Gasteiger partial charge on any atom is 0.573 e. The third-order valence-corrected chi connectivity index (χ3v) is 5.59. The molecule has 1 N–H and O–H groups in total. The number of carbonyl (C=O) groups excluding carboxylic acids is 1. The van der Waals surface area contributed by atoms with Crippen LogP contribution in [0.15, 0.2) is 76.4 Å². The van der Waals surface area contributed by atoms with Crippen LogP contribution in [-0.2, 0) is 16.1 Å². The van der Waals surface area contributed by atoms with Crippen molar-refractivity contribution < 1.29 is 27.4 Å². The van der Waals surface area contributed by atoms with E-state index in [0.717, 1.165) is 16.8 Å². The highest BCUT2D eigenvalue weighted by Gasteiger charge is 2.31. The molecule has 0 aliphatic carbocycles. The lowest BCUT2D eigenvalue weighted by Crippen LogP contribution is -2.28. The maximum absolute atomic E-state index is 13.2. The molecule has 13 heteroatoms. The summed E-state index contributed by atoms with van der Waals surface area (Å²) in [4.78, 5) is 39.3. The Kier molecular flexibility index (Phi) is 8.00. The Morgan fingerprint density at radius 3 is 2.33 bits per heavy atom. The number of halogens is 3. The molecule has 0 radical (unpaired) electrons. The van der Waals surface area contributed by atoms with Crippen molar-refractivity contribution in [3.8, 4) is 11.4 Å². The molecule has 0 fully saturated rings. The summed E-state index contributed by atoms with van der Waals surface area (Å²) in [7, 11) is 3.23. The standard InChI is InChI=1S/C26H24F3N5O5/c1-32(2)22(35)16-38-15-14-33-13-5-8-21(25(33)37)30-23-19-6-3-4-7-20(19)24(36)34(31-23)17-9-11-18(12-10-17)39-26(27,28)29/h3-13H,14-16H2,1-2H3,(H,30,31). The number of amides is 1. The molecule has 10 nitrogen and oxygen atoms in total. The number of likely N-dealkylation sites (N-methyl/N-ethyl adjacent to an activating group) is 1. The molecule has 0 saturated carbocycles. The van der Waals surface area contributed by atoms with E-state index < -0.39 is 23.2 Å². The lowest BCUT2D eigenvalue weighted by atomic mass is 10.2. The molecule has 1 amide bonds. The number of aromatic nitrogens is 3. The molecular weight excluding hydrogens is 519 g/mol. The normalized spacial score (nSPS) is 11.4. The topological polar surface area (TPSA) is 108 Å². The van der Waals surface area contributed by atoms with E-state index in [-0.39, 0.29) is 48.2 Å². The number of nitrogens with zero attached hydrogens (tertiary/aromatic N) is 4. The number of ether oxygens (including phenoxy) is 2. The second-order valence-electron chi connectivity index (χ2n) is 8.54. The number of hydrogen-bond acceptors (Lipinski definition) is 7. The van der Waals surface area contributed by atoms with Gasteiger partial charge in [-0.1, -0.05) is 18.2 Å². The van der Waals surface area contributed by atoms with E-state index in [2.05, 4.69) is 15.2 Å². The van der Waals surface area contributed by atoms with Gasteiger partial charge in [-0.2, -0.15) is 4.68 Å². The first kappa shape index (κ1) is 27.4. The Balaban J connectivity index is 1.63. The molecule has 4 aromatic rings. The molecule has 204 valence electrons. The van der Waals surface area contributed by atoms with Crippen LogP contribution in [-0.4, -0.2) is 58.8 Å². The average molecular weight is 544 g/mol. The summed E-state index contributed by atoms with van der Waals surface area (Å²) in [6.07, 6.45) is -3.28. The zero-order valence-corrected chi connectivity index (χ0v) is 20.9. The van der Waals surface area contributed by atoms with Gasteiger partial charge in [0.2, 0.25) is 5.91 Å². The van der Waals surface area contributed by atoms with Crippen molar-refractivity contribution in [2.24, 2.45) is 0 Å². The van der Waals surface area contributed by atoms with Crippen LogP contribution in [0.5, 0.6) is 5.75 Å². The molecule has 0 bridgehead atoms. The molecule has 4 rings (SSSR count). The van der Waals surface area contributed by atoms with Crippen molar-refractivity contribution in [1.29, 1.82) is 0 Å². The van der Waals surface area contributed by atoms with E-state index >= 15 is 0 Å². The van der Waals surface area contributed by atoms with Gasteiger partial charge in [-0.05, 0) is 42.5 Å². The van der Waals surface area contributed by atoms with Crippen molar-refractivity contribution in [3.05, 3.63) is 87.6 Å². The minimum atomic E-state index is -4.85. The van der Waals surface area contributed by atoms with E-state index in [1.807, 2.05) is 0 Å². The molecule has 39 heavy (non-hydrogen) atoms. The van der Waals surface area contributed by atoms with Gasteiger partial charge in [0.15, 0.2) is 5.82 Å². The minimum Gasteiger partial charge on any atom is -0.406 e. The van der Waals surface area contributed by atoms with E-state index in [1.165, 1.54) is 21.6 Å². The van der Waals surface area contributed by atoms with Crippen LogP contribution in [0.2, 0.25) is 0 Å². The van der Waals surface area contributed by atoms with Gasteiger partial charge in [0.1, 0.15) is 18.0 Å². The lowest BCUT2D eigenvalue weighted by Gasteiger charge is -2.14. The first-order valence-corrected chi connectivity index (χ1v) is 11.7. The van der Waals surface area contributed by atoms with Crippen molar-refractivity contribution >= 4 is 28.2 Å². The Morgan fingerprint density at radius 1 is 0.974 bits per heavy atom. The van der Waals surface area contributed by atoms with E-state index in [1.54, 1.807) is 56.7 Å². The largest absolute Gasteiger partial charge is 0.573 e. The molecule has 0 atom stereocenters. The van der Waals surface area contributed by atoms with Crippen LogP contribution in [0.4, 0.5) is 24.7 Å². The minimum absolute atomic E-state index is 0.111. The molecule has 0 aliphatic heterocycles. The summed E-state index contributed by atoms with van der Waals surface area (Å²) in [6, 6.07) is 14.5. The Labute approximate surface area is 219 Å². The Morgan fingerprint density at radius 2 is 1.67 bits per heavy atom. The van der Waals surface area contributed by atoms with E-state index in [0.29, 0.717) is 5.39 Å². The van der Waals surface area contributed by atoms with Gasteiger partial charge in [0.25, 0.3) is 11.1 Å². The van der Waals surface area contributed by atoms with Gasteiger partial charge < -0.3 is 24.3 Å². The number of nitrogens with one attached hydrogen (secondary N) is 1. The van der Waals surface area contributed by atoms with Gasteiger partial charge in [0.05, 0.1) is 17.7 Å². The molecule has 0 unspecified atom stereocenters. The Bertz CT molecular complexity index is 1600. The third-order valence-electron chi connectivity index (χ3n) is 5.59. The number of rotatable bonds is 9. The summed E-state index contributed by atoms with van der Waals surface area (Å²) < 4.78 is 49.2. The number of pyridine rings is 1. The lowest BCUT2D eigenvalue weighted by molar-refractivity contribution is -0.274. The molecule has 0 saturated heterocycles. The van der Waals surface area contributed by atoms with Crippen LogP contribution >= 0.6 is 0 Å². The number of fused-ring (bicyclic) bond motifs is 1. The molecule has 2 aromatic carbocycles. The molecule has 2 aromatic heterocycles. The highest BCUT2D eigenvalue weighted by Crippen LogP contribution is 2.25. The predicted octanol–water partition coefficient (Wildman–Crippen LogP) is 3.29. The monoisotopic (exact) mass is 543 g/mol. The van der Waals surface area contributed by atoms with Crippen LogP contribution in [0.1, 0.15) is 0 Å². The number of anilines is 2. The van der Waals surface area contributed by atoms with Crippen LogP contribution in [0, 0.1) is 0 Å². The second kappa shape index (κ2) is 11.4. The Hall–Kier alpha value is -4.65. The van der Waals surface area contributed by atoms with E-state index in [4.69, 9.17) is 4.74 Å². The SMILES string of the molecule is CN(C)C(=O)COCCn1cccc(Nc2nn(-c3ccc(OC(F)(F)F)cc3)c(=O)c3ccccc23)c1=O.